The summed E-state index contributed by atoms with van der Waals surface area (Å²) in [6, 6.07) is 0.402. The summed E-state index contributed by atoms with van der Waals surface area (Å²) in [5.74, 6) is 5.31. The smallest absolute Gasteiger partial charge is 0.0313 e. The fraction of sp³-hybridized carbons (Fsp3) is 0.900. The highest BCUT2D eigenvalue weighted by molar-refractivity contribution is 8.00. The number of hydrogen-bond acceptors (Lipinski definition) is 2. The van der Waals surface area contributed by atoms with Crippen molar-refractivity contribution in [3.8, 4) is 0 Å². The second-order valence-electron chi connectivity index (χ2n) is 5.05. The summed E-state index contributed by atoms with van der Waals surface area (Å²) in [6.45, 7) is 9.70. The molecule has 2 atom stereocenters. The molecule has 0 radical (unpaired) electrons. The van der Waals surface area contributed by atoms with Crippen LogP contribution in [0.3, 0.4) is 0 Å². The Hall–Kier alpha value is -0.0200. The van der Waals surface area contributed by atoms with Crippen LogP contribution in [-0.2, 0) is 9.52 Å². The van der Waals surface area contributed by atoms with Gasteiger partial charge in [0.25, 0.3) is 0 Å². The average Bonchev–Trinajstić information content (AvgIpc) is 1.80. The third-order valence-electron chi connectivity index (χ3n) is 2.64. The summed E-state index contributed by atoms with van der Waals surface area (Å²) in [5, 5.41) is 0. The monoisotopic (exact) mass is 203 g/mol. The third-order valence-corrected chi connectivity index (χ3v) is 4.66. The van der Waals surface area contributed by atoms with Crippen LogP contribution in [0.5, 0.6) is 0 Å². The van der Waals surface area contributed by atoms with Gasteiger partial charge in [-0.1, -0.05) is 0 Å². The van der Waals surface area contributed by atoms with Crippen LogP contribution in [0.2, 0.25) is 0 Å². The van der Waals surface area contributed by atoms with Crippen LogP contribution in [0.25, 0.3) is 0 Å². The van der Waals surface area contributed by atoms with E-state index in [2.05, 4.69) is 38.5 Å². The van der Waals surface area contributed by atoms with Gasteiger partial charge in [0.15, 0.2) is 0 Å². The molecule has 1 heterocycles. The summed E-state index contributed by atoms with van der Waals surface area (Å²) in [5.41, 5.74) is 0.190. The lowest BCUT2D eigenvalue weighted by Gasteiger charge is -2.44. The SMILES string of the molecule is C=S1(=O)CCN(C(C)(C)C)[C@H](C)C1. The molecule has 1 aliphatic heterocycles. The molecule has 78 valence electrons. The molecular weight excluding hydrogens is 182 g/mol. The van der Waals surface area contributed by atoms with Gasteiger partial charge < -0.3 is 0 Å². The Bertz CT molecular complexity index is 274. The Morgan fingerprint density at radius 1 is 1.46 bits per heavy atom. The van der Waals surface area contributed by atoms with Gasteiger partial charge >= 0.3 is 0 Å². The maximum atomic E-state index is 11.8. The second kappa shape index (κ2) is 3.28. The first kappa shape index (κ1) is 11.1. The molecule has 0 aromatic carbocycles. The first-order chi connectivity index (χ1) is 5.72. The first-order valence-electron chi connectivity index (χ1n) is 4.82. The molecule has 0 aromatic heterocycles. The lowest BCUT2D eigenvalue weighted by Crippen LogP contribution is -2.54. The number of rotatable bonds is 0. The fourth-order valence-electron chi connectivity index (χ4n) is 2.09. The normalized spacial score (nSPS) is 37.7. The van der Waals surface area contributed by atoms with Crippen molar-refractivity contribution < 1.29 is 4.21 Å². The zero-order valence-electron chi connectivity index (χ0n) is 9.17. The Morgan fingerprint density at radius 2 is 2.00 bits per heavy atom. The van der Waals surface area contributed by atoms with Crippen LogP contribution in [0.4, 0.5) is 0 Å². The van der Waals surface area contributed by atoms with Crippen molar-refractivity contribution in [2.45, 2.75) is 39.3 Å². The predicted octanol–water partition coefficient (Wildman–Crippen LogP) is 1.21. The van der Waals surface area contributed by atoms with E-state index >= 15 is 0 Å². The molecular formula is C10H21NOS. The molecule has 0 saturated carbocycles. The van der Waals surface area contributed by atoms with E-state index < -0.39 is 9.52 Å². The van der Waals surface area contributed by atoms with Crippen molar-refractivity contribution >= 4 is 15.4 Å². The van der Waals surface area contributed by atoms with Crippen molar-refractivity contribution in [1.29, 1.82) is 0 Å². The zero-order chi connectivity index (χ0) is 10.3. The summed E-state index contributed by atoms with van der Waals surface area (Å²) < 4.78 is 11.8. The molecule has 1 unspecified atom stereocenters. The molecule has 1 fully saturated rings. The number of hydrogen-bond donors (Lipinski definition) is 0. The maximum Gasteiger partial charge on any atom is 0.0313 e. The van der Waals surface area contributed by atoms with Crippen LogP contribution in [0.15, 0.2) is 0 Å². The summed E-state index contributed by atoms with van der Waals surface area (Å²) in [7, 11) is -1.77. The lowest BCUT2D eigenvalue weighted by atomic mass is 10.0. The minimum atomic E-state index is -1.77. The highest BCUT2D eigenvalue weighted by Crippen LogP contribution is 2.21. The average molecular weight is 203 g/mol. The molecule has 0 aromatic rings. The molecule has 2 nitrogen and oxygen atoms in total. The van der Waals surface area contributed by atoms with Gasteiger partial charge in [-0.2, -0.15) is 0 Å². The quantitative estimate of drug-likeness (QED) is 0.552. The van der Waals surface area contributed by atoms with Crippen molar-refractivity contribution in [3.05, 3.63) is 0 Å². The first-order valence-corrected chi connectivity index (χ1v) is 6.88. The number of nitrogens with zero attached hydrogens (tertiary/aromatic N) is 1. The highest BCUT2D eigenvalue weighted by atomic mass is 32.2. The Balaban J connectivity index is 2.76. The van der Waals surface area contributed by atoms with E-state index in [1.54, 1.807) is 0 Å². The Morgan fingerprint density at radius 3 is 2.38 bits per heavy atom. The van der Waals surface area contributed by atoms with Gasteiger partial charge in [-0.15, -0.1) is 0 Å². The highest BCUT2D eigenvalue weighted by Gasteiger charge is 2.31. The molecule has 13 heavy (non-hydrogen) atoms. The summed E-state index contributed by atoms with van der Waals surface area (Å²) in [4.78, 5) is 2.42. The molecule has 1 saturated heterocycles. The Labute approximate surface area is 82.3 Å². The van der Waals surface area contributed by atoms with Crippen molar-refractivity contribution in [2.24, 2.45) is 0 Å². The topological polar surface area (TPSA) is 20.3 Å². The van der Waals surface area contributed by atoms with Gasteiger partial charge in [-0.05, 0) is 43.1 Å². The van der Waals surface area contributed by atoms with Crippen LogP contribution in [0.1, 0.15) is 27.7 Å². The van der Waals surface area contributed by atoms with E-state index in [1.807, 2.05) is 0 Å². The molecule has 0 aliphatic carbocycles. The molecule has 1 aliphatic rings. The fourth-order valence-corrected chi connectivity index (χ4v) is 3.85. The van der Waals surface area contributed by atoms with Crippen molar-refractivity contribution in [1.82, 2.24) is 4.90 Å². The van der Waals surface area contributed by atoms with Crippen molar-refractivity contribution in [3.63, 3.8) is 0 Å². The van der Waals surface area contributed by atoms with E-state index in [9.17, 15) is 4.21 Å². The van der Waals surface area contributed by atoms with Crippen molar-refractivity contribution in [2.75, 3.05) is 18.1 Å². The van der Waals surface area contributed by atoms with Gasteiger partial charge in [-0.25, -0.2) is 0 Å². The van der Waals surface area contributed by atoms with Gasteiger partial charge in [0, 0.05) is 29.6 Å². The van der Waals surface area contributed by atoms with E-state index in [1.165, 1.54) is 0 Å². The standard InChI is InChI=1S/C10H21NOS/c1-9-8-13(5,12)7-6-11(9)10(2,3)4/h9H,5-8H2,1-4H3/t9-,13?/m1/s1. The summed E-state index contributed by atoms with van der Waals surface area (Å²) in [6.07, 6.45) is 0. The zero-order valence-corrected chi connectivity index (χ0v) is 9.99. The molecule has 0 amide bonds. The molecule has 0 bridgehead atoms. The van der Waals surface area contributed by atoms with Gasteiger partial charge in [0.1, 0.15) is 0 Å². The summed E-state index contributed by atoms with van der Waals surface area (Å²) >= 11 is 0. The van der Waals surface area contributed by atoms with Gasteiger partial charge in [-0.3, -0.25) is 9.11 Å². The van der Waals surface area contributed by atoms with Gasteiger partial charge in [0.2, 0.25) is 0 Å². The van der Waals surface area contributed by atoms with Gasteiger partial charge in [0.05, 0.1) is 0 Å². The van der Waals surface area contributed by atoms with Crippen LogP contribution < -0.4 is 0 Å². The largest absolute Gasteiger partial charge is 0.294 e. The van der Waals surface area contributed by atoms with E-state index in [4.69, 9.17) is 0 Å². The third kappa shape index (κ3) is 2.71. The molecule has 0 N–H and O–H groups in total. The van der Waals surface area contributed by atoms with Crippen LogP contribution >= 0.6 is 0 Å². The molecule has 0 spiro atoms. The molecule has 1 rings (SSSR count). The molecule has 3 heteroatoms. The minimum absolute atomic E-state index is 0.190. The Kier molecular flexibility index (Phi) is 2.79. The maximum absolute atomic E-state index is 11.8. The van der Waals surface area contributed by atoms with Crippen LogP contribution in [0, 0.1) is 0 Å². The van der Waals surface area contributed by atoms with E-state index in [0.29, 0.717) is 6.04 Å². The van der Waals surface area contributed by atoms with Crippen LogP contribution in [-0.4, -0.2) is 44.6 Å². The lowest BCUT2D eigenvalue weighted by molar-refractivity contribution is 0.105. The second-order valence-corrected chi connectivity index (χ2v) is 7.72. The minimum Gasteiger partial charge on any atom is -0.294 e. The predicted molar refractivity (Wildman–Crippen MR) is 60.9 cm³/mol. The van der Waals surface area contributed by atoms with E-state index in [-0.39, 0.29) is 5.54 Å². The van der Waals surface area contributed by atoms with E-state index in [0.717, 1.165) is 18.1 Å².